The highest BCUT2D eigenvalue weighted by atomic mass is 35.5. The van der Waals surface area contributed by atoms with E-state index in [1.807, 2.05) is 24.3 Å². The Labute approximate surface area is 101 Å². The number of hydrogen-bond donors (Lipinski definition) is 1. The Morgan fingerprint density at radius 1 is 1.19 bits per heavy atom. The van der Waals surface area contributed by atoms with E-state index in [9.17, 15) is 4.39 Å². The highest BCUT2D eigenvalue weighted by Crippen LogP contribution is 2.23. The highest BCUT2D eigenvalue weighted by molar-refractivity contribution is 6.30. The molecule has 3 heteroatoms. The van der Waals surface area contributed by atoms with E-state index in [-0.39, 0.29) is 5.92 Å². The van der Waals surface area contributed by atoms with E-state index in [0.717, 1.165) is 31.0 Å². The van der Waals surface area contributed by atoms with E-state index >= 15 is 0 Å². The van der Waals surface area contributed by atoms with Gasteiger partial charge in [0, 0.05) is 5.02 Å². The average molecular weight is 242 g/mol. The molecule has 1 saturated heterocycles. The molecule has 2 unspecified atom stereocenters. The average Bonchev–Trinajstić information content (AvgIpc) is 2.48. The molecule has 0 aromatic heterocycles. The summed E-state index contributed by atoms with van der Waals surface area (Å²) in [5, 5.41) is 3.98. The fourth-order valence-corrected chi connectivity index (χ4v) is 2.35. The van der Waals surface area contributed by atoms with Gasteiger partial charge >= 0.3 is 0 Å². The predicted molar refractivity (Wildman–Crippen MR) is 65.6 cm³/mol. The van der Waals surface area contributed by atoms with Gasteiger partial charge in [0.25, 0.3) is 0 Å². The first-order valence-electron chi connectivity index (χ1n) is 5.85. The van der Waals surface area contributed by atoms with Crippen LogP contribution in [0.4, 0.5) is 4.39 Å². The number of halogens is 2. The van der Waals surface area contributed by atoms with Gasteiger partial charge in [0.15, 0.2) is 0 Å². The molecular formula is C13H17ClFN. The van der Waals surface area contributed by atoms with Crippen LogP contribution in [0.25, 0.3) is 0 Å². The third-order valence-corrected chi connectivity index (χ3v) is 3.46. The van der Waals surface area contributed by atoms with Crippen molar-refractivity contribution in [1.29, 1.82) is 0 Å². The molecule has 1 aromatic rings. The molecule has 1 nitrogen and oxygen atoms in total. The van der Waals surface area contributed by atoms with E-state index in [1.54, 1.807) is 0 Å². The maximum atomic E-state index is 13.8. The summed E-state index contributed by atoms with van der Waals surface area (Å²) >= 11 is 5.83. The van der Waals surface area contributed by atoms with Crippen molar-refractivity contribution in [1.82, 2.24) is 5.32 Å². The first-order valence-corrected chi connectivity index (χ1v) is 6.23. The first-order chi connectivity index (χ1) is 7.75. The first kappa shape index (κ1) is 11.9. The van der Waals surface area contributed by atoms with Crippen molar-refractivity contribution < 1.29 is 4.39 Å². The standard InChI is InChI=1S/C13H17ClFN/c14-12-3-1-10(2-4-12)9-11-5-7-16-8-6-13(11)15/h1-4,11,13,16H,5-9H2. The lowest BCUT2D eigenvalue weighted by molar-refractivity contribution is 0.219. The number of hydrogen-bond acceptors (Lipinski definition) is 1. The van der Waals surface area contributed by atoms with Gasteiger partial charge in [0.1, 0.15) is 6.17 Å². The zero-order valence-corrected chi connectivity index (χ0v) is 10.0. The lowest BCUT2D eigenvalue weighted by Crippen LogP contribution is -2.18. The van der Waals surface area contributed by atoms with Gasteiger partial charge in [-0.2, -0.15) is 0 Å². The van der Waals surface area contributed by atoms with Crippen molar-refractivity contribution in [3.63, 3.8) is 0 Å². The molecule has 0 saturated carbocycles. The van der Waals surface area contributed by atoms with Crippen molar-refractivity contribution in [2.24, 2.45) is 5.92 Å². The summed E-state index contributed by atoms with van der Waals surface area (Å²) in [6.07, 6.45) is 1.70. The summed E-state index contributed by atoms with van der Waals surface area (Å²) in [4.78, 5) is 0. The van der Waals surface area contributed by atoms with Crippen LogP contribution >= 0.6 is 11.6 Å². The minimum atomic E-state index is -0.675. The predicted octanol–water partition coefficient (Wildman–Crippen LogP) is 3.22. The Kier molecular flexibility index (Phi) is 4.19. The Bertz CT molecular complexity index is 325. The maximum Gasteiger partial charge on any atom is 0.104 e. The molecular weight excluding hydrogens is 225 g/mol. The molecule has 16 heavy (non-hydrogen) atoms. The summed E-state index contributed by atoms with van der Waals surface area (Å²) in [6.45, 7) is 1.73. The van der Waals surface area contributed by atoms with Gasteiger partial charge in [-0.1, -0.05) is 23.7 Å². The molecule has 1 fully saturated rings. The number of alkyl halides is 1. The fourth-order valence-electron chi connectivity index (χ4n) is 2.22. The van der Waals surface area contributed by atoms with Crippen molar-refractivity contribution >= 4 is 11.6 Å². The molecule has 88 valence electrons. The second kappa shape index (κ2) is 5.65. The molecule has 1 aliphatic rings. The summed E-state index contributed by atoms with van der Waals surface area (Å²) in [5.74, 6) is 0.149. The molecule has 1 aliphatic heterocycles. The Hall–Kier alpha value is -0.600. The largest absolute Gasteiger partial charge is 0.317 e. The van der Waals surface area contributed by atoms with E-state index in [0.29, 0.717) is 6.42 Å². The molecule has 1 heterocycles. The number of nitrogens with one attached hydrogen (secondary N) is 1. The Balaban J connectivity index is 1.99. The monoisotopic (exact) mass is 241 g/mol. The second-order valence-corrected chi connectivity index (χ2v) is 4.87. The lowest BCUT2D eigenvalue weighted by atomic mass is 9.91. The van der Waals surface area contributed by atoms with Gasteiger partial charge in [-0.25, -0.2) is 4.39 Å². The molecule has 0 spiro atoms. The van der Waals surface area contributed by atoms with Crippen molar-refractivity contribution in [3.05, 3.63) is 34.9 Å². The van der Waals surface area contributed by atoms with Crippen molar-refractivity contribution in [3.8, 4) is 0 Å². The summed E-state index contributed by atoms with van der Waals surface area (Å²) in [5.41, 5.74) is 1.18. The quantitative estimate of drug-likeness (QED) is 0.839. The molecule has 1 N–H and O–H groups in total. The Morgan fingerprint density at radius 2 is 1.88 bits per heavy atom. The van der Waals surface area contributed by atoms with Crippen LogP contribution in [-0.4, -0.2) is 19.3 Å². The van der Waals surface area contributed by atoms with E-state index in [1.165, 1.54) is 5.56 Å². The summed E-state index contributed by atoms with van der Waals surface area (Å²) in [6, 6.07) is 7.74. The smallest absolute Gasteiger partial charge is 0.104 e. The topological polar surface area (TPSA) is 12.0 Å². The molecule has 0 amide bonds. The number of rotatable bonds is 2. The molecule has 2 rings (SSSR count). The highest BCUT2D eigenvalue weighted by Gasteiger charge is 2.23. The normalized spacial score (nSPS) is 26.4. The summed E-state index contributed by atoms with van der Waals surface area (Å²) < 4.78 is 13.8. The third-order valence-electron chi connectivity index (χ3n) is 3.21. The van der Waals surface area contributed by atoms with Gasteiger partial charge in [-0.15, -0.1) is 0 Å². The zero-order chi connectivity index (χ0) is 11.4. The van der Waals surface area contributed by atoms with E-state index in [2.05, 4.69) is 5.32 Å². The maximum absolute atomic E-state index is 13.8. The van der Waals surface area contributed by atoms with Gasteiger partial charge in [0.05, 0.1) is 0 Å². The summed E-state index contributed by atoms with van der Waals surface area (Å²) in [7, 11) is 0. The van der Waals surface area contributed by atoms with E-state index in [4.69, 9.17) is 11.6 Å². The van der Waals surface area contributed by atoms with Crippen LogP contribution in [0.3, 0.4) is 0 Å². The van der Waals surface area contributed by atoms with Crippen molar-refractivity contribution in [2.75, 3.05) is 13.1 Å². The molecule has 0 aliphatic carbocycles. The number of benzene rings is 1. The Morgan fingerprint density at radius 3 is 2.62 bits per heavy atom. The van der Waals surface area contributed by atoms with Crippen LogP contribution in [0.1, 0.15) is 18.4 Å². The van der Waals surface area contributed by atoms with E-state index < -0.39 is 6.17 Å². The molecule has 0 bridgehead atoms. The molecule has 0 radical (unpaired) electrons. The zero-order valence-electron chi connectivity index (χ0n) is 9.26. The lowest BCUT2D eigenvalue weighted by Gasteiger charge is -2.17. The van der Waals surface area contributed by atoms with Gasteiger partial charge in [-0.05, 0) is 56.0 Å². The van der Waals surface area contributed by atoms with Crippen LogP contribution in [0.15, 0.2) is 24.3 Å². The van der Waals surface area contributed by atoms with Crippen molar-refractivity contribution in [2.45, 2.75) is 25.4 Å². The fraction of sp³-hybridized carbons (Fsp3) is 0.538. The van der Waals surface area contributed by atoms with Crippen LogP contribution in [0, 0.1) is 5.92 Å². The molecule has 2 atom stereocenters. The van der Waals surface area contributed by atoms with Gasteiger partial charge in [-0.3, -0.25) is 0 Å². The van der Waals surface area contributed by atoms with Gasteiger partial charge in [0.2, 0.25) is 0 Å². The second-order valence-electron chi connectivity index (χ2n) is 4.43. The van der Waals surface area contributed by atoms with Crippen LogP contribution in [0.5, 0.6) is 0 Å². The minimum Gasteiger partial charge on any atom is -0.317 e. The SMILES string of the molecule is FC1CCNCCC1Cc1ccc(Cl)cc1. The van der Waals surface area contributed by atoms with Crippen LogP contribution < -0.4 is 5.32 Å². The van der Waals surface area contributed by atoms with Crippen LogP contribution in [0.2, 0.25) is 5.02 Å². The van der Waals surface area contributed by atoms with Crippen LogP contribution in [-0.2, 0) is 6.42 Å². The molecule has 1 aromatic carbocycles. The minimum absolute atomic E-state index is 0.149. The third kappa shape index (κ3) is 3.19. The van der Waals surface area contributed by atoms with Gasteiger partial charge < -0.3 is 5.32 Å².